The summed E-state index contributed by atoms with van der Waals surface area (Å²) >= 11 is 0. The number of amidine groups is 1. The highest BCUT2D eigenvalue weighted by atomic mass is 31.3. The number of aliphatic hydroxyl groups excluding tert-OH is 1. The Morgan fingerprint density at radius 1 is 1.21 bits per heavy atom. The lowest BCUT2D eigenvalue weighted by Gasteiger charge is -2.38. The molecule has 19 nitrogen and oxygen atoms in total. The van der Waals surface area contributed by atoms with Crippen LogP contribution in [0.2, 0.25) is 0 Å². The normalized spacial score (nSPS) is 37.1. The molecule has 3 unspecified atom stereocenters. The first-order chi connectivity index (χ1) is 15.5. The average Bonchev–Trinajstić information content (AvgIpc) is 3.28. The summed E-state index contributed by atoms with van der Waals surface area (Å²) in [4.78, 5) is 61.0. The van der Waals surface area contributed by atoms with Gasteiger partial charge in [0, 0.05) is 0 Å². The number of rotatable bonds is 8. The van der Waals surface area contributed by atoms with Crippen molar-refractivity contribution in [2.75, 3.05) is 6.61 Å². The van der Waals surface area contributed by atoms with Gasteiger partial charge in [-0.25, -0.2) is 13.7 Å². The molecule has 0 aliphatic carbocycles. The Kier molecular flexibility index (Phi) is 6.27. The molecule has 2 fully saturated rings. The van der Waals surface area contributed by atoms with Crippen molar-refractivity contribution in [2.24, 2.45) is 20.7 Å². The summed E-state index contributed by atoms with van der Waals surface area (Å²) in [5.74, 6) is -0.963. The van der Waals surface area contributed by atoms with Gasteiger partial charge in [0.05, 0.1) is 12.9 Å². The third-order valence-electron chi connectivity index (χ3n) is 5.14. The number of phosphoric acid groups is 3. The molecule has 0 spiro atoms. The van der Waals surface area contributed by atoms with Crippen LogP contribution in [0.5, 0.6) is 0 Å². The first kappa shape index (κ1) is 25.7. The van der Waals surface area contributed by atoms with Crippen molar-refractivity contribution in [1.82, 2.24) is 4.90 Å². The lowest BCUT2D eigenvalue weighted by molar-refractivity contribution is -0.199. The molecule has 0 aromatic carbocycles. The van der Waals surface area contributed by atoms with Gasteiger partial charge in [0.2, 0.25) is 5.96 Å². The minimum absolute atomic E-state index is 0.0431. The second kappa shape index (κ2) is 8.31. The van der Waals surface area contributed by atoms with E-state index in [1.54, 1.807) is 0 Å². The van der Waals surface area contributed by atoms with E-state index >= 15 is 0 Å². The number of amides is 1. The lowest BCUT2D eigenvalue weighted by atomic mass is 9.93. The summed E-state index contributed by atoms with van der Waals surface area (Å²) in [6.07, 6.45) is -4.10. The van der Waals surface area contributed by atoms with Crippen LogP contribution in [0.15, 0.2) is 15.0 Å². The van der Waals surface area contributed by atoms with E-state index in [4.69, 9.17) is 29.5 Å². The smallest absolute Gasteiger partial charge is 0.387 e. The van der Waals surface area contributed by atoms with Gasteiger partial charge < -0.3 is 39.9 Å². The van der Waals surface area contributed by atoms with Crippen molar-refractivity contribution in [3.63, 3.8) is 0 Å². The Morgan fingerprint density at radius 2 is 1.88 bits per heavy atom. The second-order valence-corrected chi connectivity index (χ2v) is 11.7. The molecule has 4 aliphatic heterocycles. The van der Waals surface area contributed by atoms with Crippen LogP contribution >= 0.6 is 23.5 Å². The van der Waals surface area contributed by atoms with Crippen LogP contribution in [0, 0.1) is 0 Å². The summed E-state index contributed by atoms with van der Waals surface area (Å²) in [6.45, 7) is 0.776. The fourth-order valence-corrected chi connectivity index (χ4v) is 7.02. The molecular weight excluding hydrogens is 531 g/mol. The van der Waals surface area contributed by atoms with Crippen LogP contribution < -0.4 is 5.73 Å². The van der Waals surface area contributed by atoms with Crippen molar-refractivity contribution in [1.29, 1.82) is 0 Å². The monoisotopic (exact) mass is 549 g/mol. The average molecular weight is 549 g/mol. The van der Waals surface area contributed by atoms with Gasteiger partial charge >= 0.3 is 23.5 Å². The molecule has 2 bridgehead atoms. The standard InChI is InChI=1S/C12H18N5O14P3/c1-4(29-33(23,24)31-34(25,26)30-32(20,21)22)12-2-27-6(7(12)18)10(28-12)17-3-14-5-8(17)15-11(13)16-9(5)19/h3-7,10,18H,2H2,1H3,(H,23,24)(H,25,26)(H2,13,16,19)(H2,20,21,22)/t4-,5?,6-,7+,10-,12-/m1/s1. The molecule has 2 saturated heterocycles. The number of aliphatic hydroxyl groups is 1. The van der Waals surface area contributed by atoms with Crippen molar-refractivity contribution in [3.8, 4) is 0 Å². The number of aliphatic imine (C=N–C) groups is 3. The Balaban J connectivity index is 1.51. The Hall–Kier alpha value is -1.43. The Morgan fingerprint density at radius 3 is 2.53 bits per heavy atom. The quantitative estimate of drug-likeness (QED) is 0.171. The van der Waals surface area contributed by atoms with Gasteiger partial charge in [0.15, 0.2) is 18.1 Å². The zero-order chi connectivity index (χ0) is 25.3. The highest BCUT2D eigenvalue weighted by molar-refractivity contribution is 7.66. The maximum atomic E-state index is 12.2. The molecule has 7 N–H and O–H groups in total. The number of guanidine groups is 1. The van der Waals surface area contributed by atoms with Crippen LogP contribution in [0.4, 0.5) is 0 Å². The number of ether oxygens (including phenoxy) is 2. The number of carbonyl (C=O) groups is 1. The predicted octanol–water partition coefficient (Wildman–Crippen LogP) is -2.46. The molecule has 4 heterocycles. The molecule has 4 rings (SSSR count). The fraction of sp³-hybridized carbons (Fsp3) is 0.667. The van der Waals surface area contributed by atoms with E-state index in [0.29, 0.717) is 0 Å². The van der Waals surface area contributed by atoms with E-state index in [2.05, 4.69) is 23.6 Å². The number of fused-ring (bicyclic) bond motifs is 3. The van der Waals surface area contributed by atoms with Crippen LogP contribution in [-0.4, -0.2) is 96.4 Å². The zero-order valence-corrected chi connectivity index (χ0v) is 19.5. The molecule has 0 saturated carbocycles. The molecule has 8 atom stereocenters. The molecule has 34 heavy (non-hydrogen) atoms. The van der Waals surface area contributed by atoms with Gasteiger partial charge in [-0.05, 0) is 6.92 Å². The fourth-order valence-electron chi connectivity index (χ4n) is 3.78. The zero-order valence-electron chi connectivity index (χ0n) is 16.8. The Labute approximate surface area is 189 Å². The number of carbonyl (C=O) groups excluding carboxylic acids is 1. The number of hydrogen-bond acceptors (Lipinski definition) is 14. The van der Waals surface area contributed by atoms with Gasteiger partial charge in [0.25, 0.3) is 5.91 Å². The van der Waals surface area contributed by atoms with Gasteiger partial charge in [-0.3, -0.25) is 19.2 Å². The largest absolute Gasteiger partial charge is 0.490 e. The number of nitrogens with zero attached hydrogens (tertiary/aromatic N) is 4. The molecule has 22 heteroatoms. The van der Waals surface area contributed by atoms with E-state index in [0.717, 1.165) is 6.92 Å². The summed E-state index contributed by atoms with van der Waals surface area (Å²) in [5.41, 5.74) is 3.69. The van der Waals surface area contributed by atoms with Gasteiger partial charge in [-0.15, -0.1) is 0 Å². The molecule has 0 aromatic heterocycles. The van der Waals surface area contributed by atoms with Gasteiger partial charge in [-0.1, -0.05) is 0 Å². The maximum absolute atomic E-state index is 12.2. The van der Waals surface area contributed by atoms with Crippen LogP contribution in [0.3, 0.4) is 0 Å². The predicted molar refractivity (Wildman–Crippen MR) is 106 cm³/mol. The Bertz CT molecular complexity index is 1140. The van der Waals surface area contributed by atoms with Crippen LogP contribution in [0.25, 0.3) is 0 Å². The van der Waals surface area contributed by atoms with E-state index in [-0.39, 0.29) is 18.4 Å². The van der Waals surface area contributed by atoms with Crippen LogP contribution in [0.1, 0.15) is 6.92 Å². The van der Waals surface area contributed by atoms with E-state index < -0.39 is 65.6 Å². The summed E-state index contributed by atoms with van der Waals surface area (Å²) in [7, 11) is -16.8. The van der Waals surface area contributed by atoms with E-state index in [9.17, 15) is 33.4 Å². The maximum Gasteiger partial charge on any atom is 0.490 e. The summed E-state index contributed by atoms with van der Waals surface area (Å²) < 4.78 is 58.1. The summed E-state index contributed by atoms with van der Waals surface area (Å²) in [6, 6.07) is -1.09. The van der Waals surface area contributed by atoms with Crippen LogP contribution in [-0.2, 0) is 41.1 Å². The molecule has 1 amide bonds. The molecule has 190 valence electrons. The van der Waals surface area contributed by atoms with Crippen molar-refractivity contribution in [3.05, 3.63) is 0 Å². The van der Waals surface area contributed by atoms with Crippen molar-refractivity contribution in [2.45, 2.75) is 43.1 Å². The first-order valence-electron chi connectivity index (χ1n) is 9.11. The highest BCUT2D eigenvalue weighted by Gasteiger charge is 2.67. The van der Waals surface area contributed by atoms with E-state index in [1.165, 1.54) is 11.2 Å². The van der Waals surface area contributed by atoms with Crippen molar-refractivity contribution >= 4 is 47.5 Å². The van der Waals surface area contributed by atoms with Gasteiger partial charge in [0.1, 0.15) is 23.9 Å². The molecular formula is C12H18N5O14P3. The minimum atomic E-state index is -5.75. The molecule has 0 radical (unpaired) electrons. The summed E-state index contributed by atoms with van der Waals surface area (Å²) in [5, 5.41) is 10.8. The third-order valence-corrected chi connectivity index (χ3v) is 9.05. The van der Waals surface area contributed by atoms with Crippen molar-refractivity contribution < 1.29 is 65.8 Å². The first-order valence-corrected chi connectivity index (χ1v) is 13.6. The second-order valence-electron chi connectivity index (χ2n) is 7.38. The molecule has 0 aromatic rings. The topological polar surface area (TPSA) is 282 Å². The number of nitrogens with two attached hydrogens (primary N) is 1. The third kappa shape index (κ3) is 4.68. The number of phosphoric ester groups is 1. The SMILES string of the molecule is C[C@@H](OP(=O)(O)OP(=O)(O)OP(=O)(O)O)[C@@]12CO[C@@H]([C@H](N3C=NC4C(=O)N=C(N)N=C43)O1)[C@@H]2O. The van der Waals surface area contributed by atoms with Gasteiger partial charge in [-0.2, -0.15) is 18.6 Å². The van der Waals surface area contributed by atoms with E-state index in [1.807, 2.05) is 0 Å². The molecule has 4 aliphatic rings. The lowest BCUT2D eigenvalue weighted by Crippen LogP contribution is -2.54. The minimum Gasteiger partial charge on any atom is -0.387 e. The number of hydrogen-bond donors (Lipinski definition) is 6. The highest BCUT2D eigenvalue weighted by Crippen LogP contribution is 2.67.